The molecule has 0 aliphatic rings. The Morgan fingerprint density at radius 1 is 0.833 bits per heavy atom. The van der Waals surface area contributed by atoms with Gasteiger partial charge in [0.05, 0.1) is 5.58 Å². The first-order valence-corrected chi connectivity index (χ1v) is 13.0. The van der Waals surface area contributed by atoms with Crippen molar-refractivity contribution in [2.45, 2.75) is 47.7 Å². The van der Waals surface area contributed by atoms with Crippen LogP contribution in [0.5, 0.6) is 0 Å². The molecule has 4 heterocycles. The largest absolute Gasteiger partial charge is 0.486 e. The van der Waals surface area contributed by atoms with Crippen molar-refractivity contribution in [2.75, 3.05) is 0 Å². The summed E-state index contributed by atoms with van der Waals surface area (Å²) >= 11 is 0. The molecule has 4 nitrogen and oxygen atoms in total. The number of hydrogen-bond donors (Lipinski definition) is 0. The van der Waals surface area contributed by atoms with Crippen molar-refractivity contribution in [2.24, 2.45) is 5.41 Å². The molecule has 0 amide bonds. The predicted octanol–water partition coefficient (Wildman–Crippen LogP) is 9.49. The molecular formula is C37H33IrN3O-2. The van der Waals surface area contributed by atoms with Gasteiger partial charge in [-0.3, -0.25) is 0 Å². The van der Waals surface area contributed by atoms with Gasteiger partial charge in [-0.25, -0.2) is 4.98 Å². The number of rotatable bonds is 3. The van der Waals surface area contributed by atoms with Crippen molar-refractivity contribution in [1.29, 1.82) is 0 Å². The van der Waals surface area contributed by atoms with Crippen molar-refractivity contribution in [3.05, 3.63) is 114 Å². The molecule has 0 fully saturated rings. The van der Waals surface area contributed by atoms with Crippen molar-refractivity contribution >= 4 is 32.8 Å². The van der Waals surface area contributed by atoms with Gasteiger partial charge in [-0.2, -0.15) is 0 Å². The number of aryl methyl sites for hydroxylation is 3. The average molecular weight is 739 g/mol. The van der Waals surface area contributed by atoms with Crippen LogP contribution in [0, 0.1) is 38.1 Å². The zero-order chi connectivity index (χ0) is 38.0. The van der Waals surface area contributed by atoms with E-state index in [1.807, 2.05) is 39.0 Å². The molecule has 0 saturated heterocycles. The minimum Gasteiger partial charge on any atom is -0.486 e. The number of pyridine rings is 3. The molecule has 4 aromatic heterocycles. The molecular weight excluding hydrogens is 695 g/mol. The third-order valence-corrected chi connectivity index (χ3v) is 6.41. The van der Waals surface area contributed by atoms with Crippen LogP contribution in [0.4, 0.5) is 0 Å². The number of aromatic nitrogens is 3. The van der Waals surface area contributed by atoms with Gasteiger partial charge in [-0.1, -0.05) is 74.5 Å². The number of hydrogen-bond acceptors (Lipinski definition) is 4. The van der Waals surface area contributed by atoms with Gasteiger partial charge in [-0.05, 0) is 65.3 Å². The standard InChI is InChI=1S/C24H21N2O.C13H12N.Ir/c1-14-11-17-6-5-16-7-8-18(22-20(16)21(17)23(26-14)27-22)19-12-15(9-10-25-19)13-24(2,3)4;1-10-3-6-12(7-4-10)13-8-5-11(2)9-14-13;/h5-7,9-12H,13H2,1-4H3;3-6,8-9H,1-2H3;/q2*-1;/i1D3,13D2;1D3,2D3;. The van der Waals surface area contributed by atoms with E-state index in [0.717, 1.165) is 21.5 Å². The summed E-state index contributed by atoms with van der Waals surface area (Å²) in [6.07, 6.45) is 1.32. The van der Waals surface area contributed by atoms with Crippen LogP contribution in [-0.4, -0.2) is 15.0 Å². The van der Waals surface area contributed by atoms with E-state index in [2.05, 4.69) is 27.1 Å². The van der Waals surface area contributed by atoms with Crippen molar-refractivity contribution in [3.8, 4) is 22.5 Å². The van der Waals surface area contributed by atoms with Gasteiger partial charge >= 0.3 is 0 Å². The molecule has 7 aromatic rings. The molecule has 0 N–H and O–H groups in total. The van der Waals surface area contributed by atoms with Crippen LogP contribution in [0.2, 0.25) is 0 Å². The van der Waals surface area contributed by atoms with E-state index in [4.69, 9.17) is 19.5 Å². The van der Waals surface area contributed by atoms with Gasteiger partial charge < -0.3 is 14.4 Å². The maximum atomic E-state index is 8.61. The maximum absolute atomic E-state index is 8.61. The van der Waals surface area contributed by atoms with Gasteiger partial charge in [0.25, 0.3) is 0 Å². The van der Waals surface area contributed by atoms with Gasteiger partial charge in [0, 0.05) is 58.7 Å². The molecule has 0 saturated carbocycles. The Kier molecular flexibility index (Phi) is 5.20. The Morgan fingerprint density at radius 2 is 1.67 bits per heavy atom. The summed E-state index contributed by atoms with van der Waals surface area (Å²) in [7, 11) is 0. The third kappa shape index (κ3) is 6.13. The average Bonchev–Trinajstić information content (AvgIpc) is 3.46. The normalized spacial score (nSPS) is 16.6. The summed E-state index contributed by atoms with van der Waals surface area (Å²) < 4.78 is 90.2. The van der Waals surface area contributed by atoms with Crippen LogP contribution in [0.15, 0.2) is 83.5 Å². The molecule has 0 aliphatic heterocycles. The molecule has 42 heavy (non-hydrogen) atoms. The van der Waals surface area contributed by atoms with Crippen LogP contribution in [0.25, 0.3) is 55.4 Å². The van der Waals surface area contributed by atoms with Crippen molar-refractivity contribution in [1.82, 2.24) is 15.0 Å². The van der Waals surface area contributed by atoms with Crippen molar-refractivity contribution in [3.63, 3.8) is 0 Å². The summed E-state index contributed by atoms with van der Waals surface area (Å²) in [6, 6.07) is 24.3. The van der Waals surface area contributed by atoms with Crippen LogP contribution >= 0.6 is 0 Å². The number of nitrogens with zero attached hydrogens (tertiary/aromatic N) is 3. The fourth-order valence-corrected chi connectivity index (χ4v) is 4.71. The summed E-state index contributed by atoms with van der Waals surface area (Å²) in [4.78, 5) is 12.8. The zero-order valence-corrected chi connectivity index (χ0v) is 25.5. The Hall–Kier alpha value is -3.92. The second-order valence-electron chi connectivity index (χ2n) is 10.8. The minimum absolute atomic E-state index is 0. The fraction of sp³-hybridized carbons (Fsp3) is 0.216. The minimum atomic E-state index is -2.35. The molecule has 1 radical (unpaired) electrons. The zero-order valence-electron chi connectivity index (χ0n) is 34.1. The smallest absolute Gasteiger partial charge is 0.216 e. The van der Waals surface area contributed by atoms with Gasteiger partial charge in [-0.15, -0.1) is 47.5 Å². The quantitative estimate of drug-likeness (QED) is 0.134. The summed E-state index contributed by atoms with van der Waals surface area (Å²) in [5.74, 6) is 0. The molecule has 0 aliphatic carbocycles. The van der Waals surface area contributed by atoms with Crippen LogP contribution < -0.4 is 0 Å². The Morgan fingerprint density at radius 3 is 2.38 bits per heavy atom. The molecule has 3 aromatic carbocycles. The second-order valence-corrected chi connectivity index (χ2v) is 10.8. The third-order valence-electron chi connectivity index (χ3n) is 6.41. The van der Waals surface area contributed by atoms with E-state index >= 15 is 0 Å². The predicted molar refractivity (Wildman–Crippen MR) is 168 cm³/mol. The van der Waals surface area contributed by atoms with E-state index in [-0.39, 0.29) is 42.6 Å². The molecule has 0 bridgehead atoms. The van der Waals surface area contributed by atoms with Gasteiger partial charge in [0.1, 0.15) is 0 Å². The summed E-state index contributed by atoms with van der Waals surface area (Å²) in [5, 5.41) is 3.25. The molecule has 0 unspecified atom stereocenters. The molecule has 5 heteroatoms. The van der Waals surface area contributed by atoms with Gasteiger partial charge in [0.15, 0.2) is 0 Å². The van der Waals surface area contributed by atoms with E-state index < -0.39 is 32.3 Å². The summed E-state index contributed by atoms with van der Waals surface area (Å²) in [5.41, 5.74) is 3.34. The molecule has 0 atom stereocenters. The number of benzene rings is 3. The first-order valence-electron chi connectivity index (χ1n) is 18.5. The Balaban J connectivity index is 0.000000223. The van der Waals surface area contributed by atoms with Crippen molar-refractivity contribution < 1.29 is 39.6 Å². The van der Waals surface area contributed by atoms with E-state index in [0.29, 0.717) is 33.7 Å². The first kappa shape index (κ1) is 18.6. The van der Waals surface area contributed by atoms with Crippen LogP contribution in [0.1, 0.15) is 58.2 Å². The fourth-order valence-electron chi connectivity index (χ4n) is 4.71. The van der Waals surface area contributed by atoms with Gasteiger partial charge in [0.2, 0.25) is 5.71 Å². The molecule has 213 valence electrons. The monoisotopic (exact) mass is 739 g/mol. The second kappa shape index (κ2) is 11.8. The SMILES string of the molecule is [2H]C([2H])([2H])c1c[c-]c(-c2ccc(C([2H])([2H])[2H])cn2)cc1.[2H]C([2H])([2H])c1cc2ccc3c[c-]c(-c4cc(C([2H])([2H])C(C)(C)C)ccn4)c4oc(n1)c2c34.[Ir]. The Bertz CT molecular complexity index is 2320. The maximum Gasteiger partial charge on any atom is 0.216 e. The van der Waals surface area contributed by atoms with E-state index in [9.17, 15) is 0 Å². The van der Waals surface area contributed by atoms with E-state index in [1.165, 1.54) is 24.4 Å². The number of furan rings is 1. The van der Waals surface area contributed by atoms with Crippen LogP contribution in [-0.2, 0) is 26.5 Å². The molecule has 0 spiro atoms. The topological polar surface area (TPSA) is 51.8 Å². The molecule has 7 rings (SSSR count). The van der Waals surface area contributed by atoms with E-state index in [1.54, 1.807) is 36.5 Å². The Labute approximate surface area is 276 Å². The first-order chi connectivity index (χ1) is 24.1. The van der Waals surface area contributed by atoms with Crippen LogP contribution in [0.3, 0.4) is 0 Å². The summed E-state index contributed by atoms with van der Waals surface area (Å²) in [6.45, 7) is -1.10.